The predicted molar refractivity (Wildman–Crippen MR) is 53.5 cm³/mol. The molecule has 0 saturated heterocycles. The Morgan fingerprint density at radius 1 is 1.50 bits per heavy atom. The molecule has 1 aromatic rings. The lowest BCUT2D eigenvalue weighted by Gasteiger charge is -2.08. The first kappa shape index (κ1) is 11.1. The van der Waals surface area contributed by atoms with Gasteiger partial charge in [-0.3, -0.25) is 4.79 Å². The Morgan fingerprint density at radius 3 is 2.50 bits per heavy atom. The minimum Gasteiger partial charge on any atom is -0.397 e. The van der Waals surface area contributed by atoms with Crippen molar-refractivity contribution in [2.24, 2.45) is 0 Å². The summed E-state index contributed by atoms with van der Waals surface area (Å²) in [5.74, 6) is -0.271. The Kier molecular flexibility index (Phi) is 3.21. The van der Waals surface area contributed by atoms with Crippen LogP contribution in [-0.4, -0.2) is 5.78 Å². The number of nitrogen functional groups attached to an aromatic ring is 1. The lowest BCUT2D eigenvalue weighted by molar-refractivity contribution is 0.101. The Morgan fingerprint density at radius 2 is 2.07 bits per heavy atom. The standard InChI is InChI=1S/C9H8BrF2NO/c1-4(14)5-2-6(9(11)12)8(13)7(10)3-5/h2-3,9H,13H2,1H3. The van der Waals surface area contributed by atoms with Crippen LogP contribution in [0.15, 0.2) is 16.6 Å². The first-order valence-electron chi connectivity index (χ1n) is 3.81. The first-order valence-corrected chi connectivity index (χ1v) is 4.60. The van der Waals surface area contributed by atoms with Crippen molar-refractivity contribution in [2.45, 2.75) is 13.3 Å². The van der Waals surface area contributed by atoms with E-state index in [9.17, 15) is 13.6 Å². The molecule has 5 heteroatoms. The van der Waals surface area contributed by atoms with E-state index in [-0.39, 0.29) is 22.6 Å². The Labute approximate surface area is 88.2 Å². The number of alkyl halides is 2. The highest BCUT2D eigenvalue weighted by Gasteiger charge is 2.16. The van der Waals surface area contributed by atoms with Gasteiger partial charge in [-0.05, 0) is 35.0 Å². The molecule has 0 bridgehead atoms. The van der Waals surface area contributed by atoms with Crippen molar-refractivity contribution in [2.75, 3.05) is 5.73 Å². The largest absolute Gasteiger partial charge is 0.397 e. The molecule has 0 aliphatic carbocycles. The second-order valence-corrected chi connectivity index (χ2v) is 3.67. The highest BCUT2D eigenvalue weighted by molar-refractivity contribution is 9.10. The molecule has 0 atom stereocenters. The molecule has 0 spiro atoms. The smallest absolute Gasteiger partial charge is 0.265 e. The average Bonchev–Trinajstić information content (AvgIpc) is 2.08. The van der Waals surface area contributed by atoms with Crippen molar-refractivity contribution in [3.8, 4) is 0 Å². The van der Waals surface area contributed by atoms with Crippen molar-refractivity contribution in [3.05, 3.63) is 27.7 Å². The molecule has 0 unspecified atom stereocenters. The Bertz CT molecular complexity index is 379. The van der Waals surface area contributed by atoms with Crippen LogP contribution < -0.4 is 5.73 Å². The number of hydrogen-bond acceptors (Lipinski definition) is 2. The van der Waals surface area contributed by atoms with Crippen LogP contribution in [0.5, 0.6) is 0 Å². The fourth-order valence-corrected chi connectivity index (χ4v) is 1.50. The molecular formula is C9H8BrF2NO. The molecule has 1 aromatic carbocycles. The molecule has 0 aliphatic heterocycles. The second kappa shape index (κ2) is 4.04. The van der Waals surface area contributed by atoms with Crippen LogP contribution in [0.4, 0.5) is 14.5 Å². The highest BCUT2D eigenvalue weighted by atomic mass is 79.9. The number of rotatable bonds is 2. The monoisotopic (exact) mass is 263 g/mol. The van der Waals surface area contributed by atoms with Crippen molar-refractivity contribution in [1.29, 1.82) is 0 Å². The summed E-state index contributed by atoms with van der Waals surface area (Å²) in [6, 6.07) is 2.55. The van der Waals surface area contributed by atoms with Crippen LogP contribution in [-0.2, 0) is 0 Å². The molecule has 0 aliphatic rings. The van der Waals surface area contributed by atoms with Gasteiger partial charge in [-0.15, -0.1) is 0 Å². The van der Waals surface area contributed by atoms with E-state index in [2.05, 4.69) is 15.9 Å². The molecule has 0 fully saturated rings. The van der Waals surface area contributed by atoms with Gasteiger partial charge >= 0.3 is 0 Å². The topological polar surface area (TPSA) is 43.1 Å². The average molecular weight is 264 g/mol. The van der Waals surface area contributed by atoms with Crippen molar-refractivity contribution in [3.63, 3.8) is 0 Å². The maximum Gasteiger partial charge on any atom is 0.265 e. The van der Waals surface area contributed by atoms with E-state index in [1.165, 1.54) is 13.0 Å². The van der Waals surface area contributed by atoms with Crippen LogP contribution in [0.2, 0.25) is 0 Å². The summed E-state index contributed by atoms with van der Waals surface area (Å²) in [5.41, 5.74) is 5.30. The minimum absolute atomic E-state index is 0.0231. The van der Waals surface area contributed by atoms with E-state index < -0.39 is 6.43 Å². The lowest BCUT2D eigenvalue weighted by Crippen LogP contribution is -2.01. The van der Waals surface area contributed by atoms with Gasteiger partial charge in [-0.2, -0.15) is 0 Å². The van der Waals surface area contributed by atoms with Gasteiger partial charge in [0.05, 0.1) is 5.69 Å². The van der Waals surface area contributed by atoms with Crippen LogP contribution in [0.1, 0.15) is 29.3 Å². The van der Waals surface area contributed by atoms with Gasteiger partial charge < -0.3 is 5.73 Å². The lowest BCUT2D eigenvalue weighted by atomic mass is 10.1. The second-order valence-electron chi connectivity index (χ2n) is 2.82. The zero-order valence-electron chi connectivity index (χ0n) is 7.35. The van der Waals surface area contributed by atoms with E-state index in [0.717, 1.165) is 6.07 Å². The molecule has 0 saturated carbocycles. The summed E-state index contributed by atoms with van der Waals surface area (Å²) in [6.07, 6.45) is -2.68. The number of carbonyl (C=O) groups is 1. The third-order valence-electron chi connectivity index (χ3n) is 1.80. The van der Waals surface area contributed by atoms with Gasteiger partial charge in [0.1, 0.15) is 0 Å². The number of Topliss-reactive ketones (excluding diaryl/α,β-unsaturated/α-hetero) is 1. The van der Waals surface area contributed by atoms with Crippen LogP contribution in [0.3, 0.4) is 0 Å². The summed E-state index contributed by atoms with van der Waals surface area (Å²) < 4.78 is 25.2. The molecule has 2 N–H and O–H groups in total. The fraction of sp³-hybridized carbons (Fsp3) is 0.222. The Balaban J connectivity index is 3.35. The highest BCUT2D eigenvalue weighted by Crippen LogP contribution is 2.32. The van der Waals surface area contributed by atoms with Crippen molar-refractivity contribution in [1.82, 2.24) is 0 Å². The van der Waals surface area contributed by atoms with E-state index in [1.807, 2.05) is 0 Å². The van der Waals surface area contributed by atoms with E-state index in [1.54, 1.807) is 0 Å². The van der Waals surface area contributed by atoms with Gasteiger partial charge in [0.2, 0.25) is 0 Å². The molecule has 14 heavy (non-hydrogen) atoms. The number of nitrogens with two attached hydrogens (primary N) is 1. The van der Waals surface area contributed by atoms with Gasteiger partial charge in [-0.1, -0.05) is 0 Å². The van der Waals surface area contributed by atoms with E-state index in [0.29, 0.717) is 4.47 Å². The molecule has 76 valence electrons. The molecule has 2 nitrogen and oxygen atoms in total. The quantitative estimate of drug-likeness (QED) is 0.658. The maximum absolute atomic E-state index is 12.4. The number of hydrogen-bond donors (Lipinski definition) is 1. The molecule has 1 rings (SSSR count). The van der Waals surface area contributed by atoms with E-state index in [4.69, 9.17) is 5.73 Å². The van der Waals surface area contributed by atoms with Crippen LogP contribution >= 0.6 is 15.9 Å². The summed E-state index contributed by atoms with van der Waals surface area (Å²) in [6.45, 7) is 1.31. The Hall–Kier alpha value is -0.970. The summed E-state index contributed by atoms with van der Waals surface area (Å²) >= 11 is 3.02. The zero-order valence-corrected chi connectivity index (χ0v) is 8.94. The fourth-order valence-electron chi connectivity index (χ4n) is 1.02. The van der Waals surface area contributed by atoms with Crippen molar-refractivity contribution >= 4 is 27.4 Å². The first-order chi connectivity index (χ1) is 6.43. The third kappa shape index (κ3) is 2.09. The van der Waals surface area contributed by atoms with Crippen LogP contribution in [0.25, 0.3) is 0 Å². The number of anilines is 1. The minimum atomic E-state index is -2.68. The van der Waals surface area contributed by atoms with Gasteiger partial charge in [0.25, 0.3) is 6.43 Å². The van der Waals surface area contributed by atoms with E-state index >= 15 is 0 Å². The normalized spacial score (nSPS) is 10.6. The summed E-state index contributed by atoms with van der Waals surface area (Å²) in [4.78, 5) is 11.0. The molecular weight excluding hydrogens is 256 g/mol. The summed E-state index contributed by atoms with van der Waals surface area (Å²) in [7, 11) is 0. The SMILES string of the molecule is CC(=O)c1cc(Br)c(N)c(C(F)F)c1. The number of ketones is 1. The number of carbonyl (C=O) groups excluding carboxylic acids is 1. The van der Waals surface area contributed by atoms with Gasteiger partial charge in [0, 0.05) is 15.6 Å². The third-order valence-corrected chi connectivity index (χ3v) is 2.46. The van der Waals surface area contributed by atoms with Crippen LogP contribution in [0, 0.1) is 0 Å². The van der Waals surface area contributed by atoms with Gasteiger partial charge in [0.15, 0.2) is 5.78 Å². The molecule has 0 amide bonds. The molecule has 0 radical (unpaired) electrons. The predicted octanol–water partition coefficient (Wildman–Crippen LogP) is 3.17. The molecule has 0 aromatic heterocycles. The van der Waals surface area contributed by atoms with Crippen molar-refractivity contribution < 1.29 is 13.6 Å². The number of benzene rings is 1. The molecule has 0 heterocycles. The summed E-state index contributed by atoms with van der Waals surface area (Å²) in [5, 5.41) is 0. The van der Waals surface area contributed by atoms with Gasteiger partial charge in [-0.25, -0.2) is 8.78 Å². The number of halogens is 3. The zero-order chi connectivity index (χ0) is 10.9. The maximum atomic E-state index is 12.4.